The number of carbonyl (C=O) groups is 1. The number of nitrogens with one attached hydrogen (secondary N) is 1. The third kappa shape index (κ3) is 4.60. The first-order valence-corrected chi connectivity index (χ1v) is 7.59. The summed E-state index contributed by atoms with van der Waals surface area (Å²) in [5.41, 5.74) is 6.08. The van der Waals surface area contributed by atoms with Crippen molar-refractivity contribution in [2.45, 2.75) is 65.3 Å². The molecule has 3 N–H and O–H groups in total. The van der Waals surface area contributed by atoms with Crippen LogP contribution in [0.5, 0.6) is 0 Å². The van der Waals surface area contributed by atoms with Crippen LogP contribution in [0, 0.1) is 17.8 Å². The highest BCUT2D eigenvalue weighted by Crippen LogP contribution is 2.32. The van der Waals surface area contributed by atoms with Crippen molar-refractivity contribution in [2.75, 3.05) is 6.54 Å². The highest BCUT2D eigenvalue weighted by molar-refractivity contribution is 5.79. The molecule has 1 rings (SSSR count). The van der Waals surface area contributed by atoms with Crippen molar-refractivity contribution in [1.82, 2.24) is 5.32 Å². The molecule has 3 heteroatoms. The van der Waals surface area contributed by atoms with Gasteiger partial charge in [0.15, 0.2) is 0 Å². The van der Waals surface area contributed by atoms with Gasteiger partial charge in [0.1, 0.15) is 0 Å². The Morgan fingerprint density at radius 2 is 1.89 bits per heavy atom. The predicted octanol–water partition coefficient (Wildman–Crippen LogP) is 2.69. The molecule has 1 aliphatic carbocycles. The molecule has 3 nitrogen and oxygen atoms in total. The first-order valence-electron chi connectivity index (χ1n) is 7.59. The van der Waals surface area contributed by atoms with Gasteiger partial charge in [0.25, 0.3) is 0 Å². The average Bonchev–Trinajstić information content (AvgIpc) is 2.33. The van der Waals surface area contributed by atoms with E-state index in [-0.39, 0.29) is 17.9 Å². The van der Waals surface area contributed by atoms with Gasteiger partial charge < -0.3 is 11.1 Å². The zero-order valence-corrected chi connectivity index (χ0v) is 12.2. The van der Waals surface area contributed by atoms with Crippen molar-refractivity contribution in [2.24, 2.45) is 23.5 Å². The zero-order valence-electron chi connectivity index (χ0n) is 12.2. The smallest absolute Gasteiger partial charge is 0.223 e. The number of amides is 1. The van der Waals surface area contributed by atoms with Crippen LogP contribution in [0.4, 0.5) is 0 Å². The minimum Gasteiger partial charge on any atom is -0.356 e. The van der Waals surface area contributed by atoms with E-state index < -0.39 is 0 Å². The monoisotopic (exact) mass is 254 g/mol. The lowest BCUT2D eigenvalue weighted by Crippen LogP contribution is -2.45. The Kier molecular flexibility index (Phi) is 6.69. The van der Waals surface area contributed by atoms with Crippen LogP contribution in [-0.2, 0) is 4.79 Å². The fraction of sp³-hybridized carbons (Fsp3) is 0.933. The SMILES string of the molecule is CCCCCCNC(=O)C1CC(N)C(C)CC1C. The summed E-state index contributed by atoms with van der Waals surface area (Å²) in [6, 6.07) is 0.192. The van der Waals surface area contributed by atoms with Crippen LogP contribution >= 0.6 is 0 Å². The summed E-state index contributed by atoms with van der Waals surface area (Å²) in [4.78, 5) is 12.1. The van der Waals surface area contributed by atoms with Crippen LogP contribution in [0.3, 0.4) is 0 Å². The molecule has 106 valence electrons. The maximum Gasteiger partial charge on any atom is 0.223 e. The van der Waals surface area contributed by atoms with Gasteiger partial charge in [-0.2, -0.15) is 0 Å². The van der Waals surface area contributed by atoms with Crippen molar-refractivity contribution in [1.29, 1.82) is 0 Å². The maximum atomic E-state index is 12.1. The summed E-state index contributed by atoms with van der Waals surface area (Å²) in [5.74, 6) is 1.37. The van der Waals surface area contributed by atoms with Crippen LogP contribution in [0.25, 0.3) is 0 Å². The molecule has 0 aromatic heterocycles. The molecule has 0 radical (unpaired) electrons. The minimum absolute atomic E-state index is 0.127. The molecule has 0 bridgehead atoms. The summed E-state index contributed by atoms with van der Waals surface area (Å²) in [6.45, 7) is 7.40. The molecule has 0 heterocycles. The molecule has 1 fully saturated rings. The third-order valence-corrected chi connectivity index (χ3v) is 4.35. The van der Waals surface area contributed by atoms with Crippen molar-refractivity contribution in [3.63, 3.8) is 0 Å². The largest absolute Gasteiger partial charge is 0.356 e. The van der Waals surface area contributed by atoms with Crippen LogP contribution in [0.1, 0.15) is 59.3 Å². The predicted molar refractivity (Wildman–Crippen MR) is 76.2 cm³/mol. The van der Waals surface area contributed by atoms with E-state index in [2.05, 4.69) is 26.1 Å². The summed E-state index contributed by atoms with van der Waals surface area (Å²) in [6.07, 6.45) is 6.74. The lowest BCUT2D eigenvalue weighted by molar-refractivity contribution is -0.128. The van der Waals surface area contributed by atoms with Gasteiger partial charge in [0, 0.05) is 18.5 Å². The Hall–Kier alpha value is -0.570. The summed E-state index contributed by atoms with van der Waals surface area (Å²) >= 11 is 0. The molecule has 0 saturated heterocycles. The summed E-state index contributed by atoms with van der Waals surface area (Å²) in [7, 11) is 0. The van der Waals surface area contributed by atoms with E-state index in [4.69, 9.17) is 5.73 Å². The Morgan fingerprint density at radius 3 is 2.56 bits per heavy atom. The first-order chi connectivity index (χ1) is 8.56. The molecule has 1 aliphatic rings. The van der Waals surface area contributed by atoms with Crippen LogP contribution in [0.2, 0.25) is 0 Å². The van der Waals surface area contributed by atoms with Gasteiger partial charge in [0.2, 0.25) is 5.91 Å². The topological polar surface area (TPSA) is 55.1 Å². The molecule has 18 heavy (non-hydrogen) atoms. The Balaban J connectivity index is 2.28. The van der Waals surface area contributed by atoms with Crippen molar-refractivity contribution in [3.05, 3.63) is 0 Å². The highest BCUT2D eigenvalue weighted by atomic mass is 16.1. The number of unbranched alkanes of at least 4 members (excludes halogenated alkanes) is 3. The van der Waals surface area contributed by atoms with Crippen molar-refractivity contribution >= 4 is 5.91 Å². The first kappa shape index (κ1) is 15.5. The molecular formula is C15H30N2O. The Bertz CT molecular complexity index is 255. The Labute approximate surface area is 112 Å². The van der Waals surface area contributed by atoms with Crippen LogP contribution in [-0.4, -0.2) is 18.5 Å². The van der Waals surface area contributed by atoms with Gasteiger partial charge in [-0.05, 0) is 31.1 Å². The van der Waals surface area contributed by atoms with Crippen molar-refractivity contribution < 1.29 is 4.79 Å². The fourth-order valence-corrected chi connectivity index (χ4v) is 2.94. The second kappa shape index (κ2) is 7.78. The van der Waals surface area contributed by atoms with Gasteiger partial charge in [-0.3, -0.25) is 4.79 Å². The molecule has 0 spiro atoms. The van der Waals surface area contributed by atoms with E-state index in [0.29, 0.717) is 11.8 Å². The van der Waals surface area contributed by atoms with Gasteiger partial charge in [-0.25, -0.2) is 0 Å². The van der Waals surface area contributed by atoms with E-state index >= 15 is 0 Å². The van der Waals surface area contributed by atoms with Gasteiger partial charge >= 0.3 is 0 Å². The molecule has 4 atom stereocenters. The maximum absolute atomic E-state index is 12.1. The summed E-state index contributed by atoms with van der Waals surface area (Å²) in [5, 5.41) is 3.08. The number of carbonyl (C=O) groups excluding carboxylic acids is 1. The molecule has 1 saturated carbocycles. The quantitative estimate of drug-likeness (QED) is 0.716. The highest BCUT2D eigenvalue weighted by Gasteiger charge is 2.34. The number of rotatable bonds is 6. The second-order valence-electron chi connectivity index (χ2n) is 6.05. The molecule has 0 aromatic rings. The van der Waals surface area contributed by atoms with E-state index in [9.17, 15) is 4.79 Å². The van der Waals surface area contributed by atoms with Gasteiger partial charge in [0.05, 0.1) is 0 Å². The Morgan fingerprint density at radius 1 is 1.17 bits per heavy atom. The zero-order chi connectivity index (χ0) is 13.5. The van der Waals surface area contributed by atoms with E-state index in [0.717, 1.165) is 25.8 Å². The lowest BCUT2D eigenvalue weighted by atomic mass is 9.72. The van der Waals surface area contributed by atoms with E-state index in [1.165, 1.54) is 19.3 Å². The lowest BCUT2D eigenvalue weighted by Gasteiger charge is -2.36. The normalized spacial score (nSPS) is 32.2. The average molecular weight is 254 g/mol. The number of hydrogen-bond acceptors (Lipinski definition) is 2. The second-order valence-corrected chi connectivity index (χ2v) is 6.05. The minimum atomic E-state index is 0.127. The molecular weight excluding hydrogens is 224 g/mol. The van der Waals surface area contributed by atoms with Crippen LogP contribution in [0.15, 0.2) is 0 Å². The summed E-state index contributed by atoms with van der Waals surface area (Å²) < 4.78 is 0. The fourth-order valence-electron chi connectivity index (χ4n) is 2.94. The molecule has 1 amide bonds. The number of nitrogens with two attached hydrogens (primary N) is 1. The third-order valence-electron chi connectivity index (χ3n) is 4.35. The van der Waals surface area contributed by atoms with Crippen molar-refractivity contribution in [3.8, 4) is 0 Å². The molecule has 0 aliphatic heterocycles. The molecule has 4 unspecified atom stereocenters. The number of hydrogen-bond donors (Lipinski definition) is 2. The standard InChI is InChI=1S/C15H30N2O/c1-4-5-6-7-8-17-15(18)13-10-14(16)12(3)9-11(13)2/h11-14H,4-10,16H2,1-3H3,(H,17,18). The van der Waals surface area contributed by atoms with Gasteiger partial charge in [-0.15, -0.1) is 0 Å². The molecule has 0 aromatic carbocycles. The van der Waals surface area contributed by atoms with E-state index in [1.54, 1.807) is 0 Å². The van der Waals surface area contributed by atoms with Gasteiger partial charge in [-0.1, -0.05) is 40.0 Å². The van der Waals surface area contributed by atoms with E-state index in [1.807, 2.05) is 0 Å². The van der Waals surface area contributed by atoms with Crippen LogP contribution < -0.4 is 11.1 Å².